The summed E-state index contributed by atoms with van der Waals surface area (Å²) in [4.78, 5) is 11.4. The summed E-state index contributed by atoms with van der Waals surface area (Å²) in [5.74, 6) is -0.589. The number of halogens is 2. The molecule has 2 rings (SSSR count). The normalized spacial score (nSPS) is 13.8. The van der Waals surface area contributed by atoms with Gasteiger partial charge < -0.3 is 5.11 Å². The highest BCUT2D eigenvalue weighted by Gasteiger charge is 2.26. The minimum absolute atomic E-state index is 0.211. The van der Waals surface area contributed by atoms with Crippen LogP contribution in [0.2, 0.25) is 0 Å². The second-order valence-corrected chi connectivity index (χ2v) is 5.11. The number of rotatable bonds is 4. The van der Waals surface area contributed by atoms with E-state index in [1.54, 1.807) is 24.3 Å². The smallest absolute Gasteiger partial charge is 0.179 e. The highest BCUT2D eigenvalue weighted by atomic mass is 79.9. The Kier molecular flexibility index (Phi) is 4.45. The second-order valence-electron chi connectivity index (χ2n) is 4.13. The lowest BCUT2D eigenvalue weighted by atomic mass is 10.00. The number of carbonyl (C=O) groups is 1. The number of hydrogen-bond acceptors (Lipinski definition) is 2. The van der Waals surface area contributed by atoms with Gasteiger partial charge in [0.2, 0.25) is 0 Å². The van der Waals surface area contributed by atoms with Crippen LogP contribution < -0.4 is 0 Å². The molecule has 0 fully saturated rings. The highest BCUT2D eigenvalue weighted by Crippen LogP contribution is 2.25. The van der Waals surface area contributed by atoms with Crippen molar-refractivity contribution in [3.63, 3.8) is 0 Å². The van der Waals surface area contributed by atoms with E-state index in [-0.39, 0.29) is 11.6 Å². The highest BCUT2D eigenvalue weighted by molar-refractivity contribution is 9.10. The average Bonchev–Trinajstić information content (AvgIpc) is 2.46. The van der Waals surface area contributed by atoms with Crippen LogP contribution in [-0.4, -0.2) is 15.7 Å². The molecule has 0 amide bonds. The fraction of sp³-hybridized carbons (Fsp3) is 0.133. The average molecular weight is 323 g/mol. The number of carbonyl (C=O) groups excluding carboxylic acids is 1. The summed E-state index contributed by atoms with van der Waals surface area (Å²) in [6, 6.07) is 14.2. The Morgan fingerprint density at radius 1 is 1.05 bits per heavy atom. The molecule has 0 aliphatic carbocycles. The van der Waals surface area contributed by atoms with Crippen molar-refractivity contribution in [2.75, 3.05) is 0 Å². The van der Waals surface area contributed by atoms with E-state index in [4.69, 9.17) is 0 Å². The van der Waals surface area contributed by atoms with Crippen molar-refractivity contribution < 1.29 is 14.3 Å². The fourth-order valence-electron chi connectivity index (χ4n) is 1.73. The van der Waals surface area contributed by atoms with Gasteiger partial charge in [-0.2, -0.15) is 0 Å². The summed E-state index contributed by atoms with van der Waals surface area (Å²) < 4.78 is 12.8. The van der Waals surface area contributed by atoms with Crippen LogP contribution in [0.3, 0.4) is 0 Å². The minimum Gasteiger partial charge on any atom is -0.387 e. The maximum Gasteiger partial charge on any atom is 0.179 e. The van der Waals surface area contributed by atoms with Gasteiger partial charge in [0.25, 0.3) is 0 Å². The SMILES string of the molecule is O=C(c1ccccc1)[C@H](Br)[C@@H](O)c1ccc(F)cc1. The van der Waals surface area contributed by atoms with E-state index in [1.165, 1.54) is 24.3 Å². The zero-order valence-electron chi connectivity index (χ0n) is 9.96. The molecule has 1 N–H and O–H groups in total. The van der Waals surface area contributed by atoms with Gasteiger partial charge in [-0.1, -0.05) is 58.4 Å². The molecule has 0 radical (unpaired) electrons. The van der Waals surface area contributed by atoms with Gasteiger partial charge in [0.1, 0.15) is 10.6 Å². The quantitative estimate of drug-likeness (QED) is 0.691. The van der Waals surface area contributed by atoms with Crippen LogP contribution in [0.25, 0.3) is 0 Å². The van der Waals surface area contributed by atoms with Crippen molar-refractivity contribution in [2.24, 2.45) is 0 Å². The number of aliphatic hydroxyl groups excluding tert-OH is 1. The first-order valence-electron chi connectivity index (χ1n) is 5.76. The molecule has 2 nitrogen and oxygen atoms in total. The lowest BCUT2D eigenvalue weighted by molar-refractivity contribution is 0.0902. The van der Waals surface area contributed by atoms with E-state index in [0.29, 0.717) is 11.1 Å². The van der Waals surface area contributed by atoms with E-state index in [0.717, 1.165) is 0 Å². The molecule has 2 atom stereocenters. The van der Waals surface area contributed by atoms with E-state index < -0.39 is 10.9 Å². The Labute approximate surface area is 119 Å². The van der Waals surface area contributed by atoms with Crippen LogP contribution in [0, 0.1) is 5.82 Å². The zero-order valence-corrected chi connectivity index (χ0v) is 11.5. The molecular weight excluding hydrogens is 311 g/mol. The van der Waals surface area contributed by atoms with Crippen molar-refractivity contribution in [3.8, 4) is 0 Å². The molecule has 98 valence electrons. The van der Waals surface area contributed by atoms with Crippen LogP contribution in [0.4, 0.5) is 4.39 Å². The minimum atomic E-state index is -1.02. The van der Waals surface area contributed by atoms with Gasteiger partial charge in [-0.25, -0.2) is 4.39 Å². The molecule has 0 aliphatic heterocycles. The van der Waals surface area contributed by atoms with Gasteiger partial charge in [0, 0.05) is 5.56 Å². The monoisotopic (exact) mass is 322 g/mol. The molecule has 2 aromatic rings. The number of benzene rings is 2. The van der Waals surface area contributed by atoms with Crippen molar-refractivity contribution in [3.05, 3.63) is 71.5 Å². The van der Waals surface area contributed by atoms with Gasteiger partial charge in [-0.05, 0) is 17.7 Å². The zero-order chi connectivity index (χ0) is 13.8. The van der Waals surface area contributed by atoms with Crippen LogP contribution in [0.1, 0.15) is 22.0 Å². The first kappa shape index (κ1) is 13.9. The molecule has 0 spiro atoms. The van der Waals surface area contributed by atoms with E-state index in [9.17, 15) is 14.3 Å². The summed E-state index contributed by atoms with van der Waals surface area (Å²) in [6.45, 7) is 0. The van der Waals surface area contributed by atoms with Crippen molar-refractivity contribution >= 4 is 21.7 Å². The fourth-order valence-corrected chi connectivity index (χ4v) is 2.30. The Bertz CT molecular complexity index is 554. The Balaban J connectivity index is 2.17. The third-order valence-electron chi connectivity index (χ3n) is 2.80. The molecule has 2 aromatic carbocycles. The lowest BCUT2D eigenvalue weighted by Gasteiger charge is -2.16. The van der Waals surface area contributed by atoms with Gasteiger partial charge in [-0.15, -0.1) is 0 Å². The Morgan fingerprint density at radius 3 is 2.21 bits per heavy atom. The summed E-state index contributed by atoms with van der Waals surface area (Å²) >= 11 is 3.21. The summed E-state index contributed by atoms with van der Waals surface area (Å²) in [6.07, 6.45) is -1.02. The number of hydrogen-bond donors (Lipinski definition) is 1. The van der Waals surface area contributed by atoms with Crippen LogP contribution in [0.5, 0.6) is 0 Å². The Hall–Kier alpha value is -1.52. The largest absolute Gasteiger partial charge is 0.387 e. The molecule has 4 heteroatoms. The number of aliphatic hydroxyl groups is 1. The predicted octanol–water partition coefficient (Wildman–Crippen LogP) is 3.51. The number of ketones is 1. The van der Waals surface area contributed by atoms with Crippen molar-refractivity contribution in [2.45, 2.75) is 10.9 Å². The van der Waals surface area contributed by atoms with Gasteiger partial charge in [0.05, 0.1) is 6.10 Å². The standard InChI is InChI=1S/C15H12BrFO2/c16-13(14(18)10-4-2-1-3-5-10)15(19)11-6-8-12(17)9-7-11/h1-9,13,15,19H/t13-,15-/m0/s1. The van der Waals surface area contributed by atoms with Crippen LogP contribution in [-0.2, 0) is 0 Å². The molecule has 19 heavy (non-hydrogen) atoms. The predicted molar refractivity (Wildman–Crippen MR) is 74.8 cm³/mol. The molecule has 0 saturated heterocycles. The third-order valence-corrected chi connectivity index (χ3v) is 3.71. The first-order valence-corrected chi connectivity index (χ1v) is 6.68. The molecule has 0 unspecified atom stereocenters. The summed E-state index contributed by atoms with van der Waals surface area (Å²) in [5, 5.41) is 10.1. The summed E-state index contributed by atoms with van der Waals surface area (Å²) in [7, 11) is 0. The molecule has 0 aliphatic rings. The van der Waals surface area contributed by atoms with E-state index >= 15 is 0 Å². The maximum atomic E-state index is 12.8. The number of alkyl halides is 1. The molecular formula is C15H12BrFO2. The van der Waals surface area contributed by atoms with E-state index in [1.807, 2.05) is 6.07 Å². The lowest BCUT2D eigenvalue weighted by Crippen LogP contribution is -2.22. The van der Waals surface area contributed by atoms with Crippen molar-refractivity contribution in [1.82, 2.24) is 0 Å². The first-order chi connectivity index (χ1) is 9.09. The Morgan fingerprint density at radius 2 is 1.63 bits per heavy atom. The number of Topliss-reactive ketones (excluding diaryl/α,β-unsaturated/α-hetero) is 1. The van der Waals surface area contributed by atoms with E-state index in [2.05, 4.69) is 15.9 Å². The van der Waals surface area contributed by atoms with Gasteiger partial charge in [0.15, 0.2) is 5.78 Å². The third kappa shape index (κ3) is 3.28. The second kappa shape index (κ2) is 6.08. The molecule has 0 aromatic heterocycles. The maximum absolute atomic E-state index is 12.8. The van der Waals surface area contributed by atoms with Crippen LogP contribution >= 0.6 is 15.9 Å². The molecule has 0 bridgehead atoms. The topological polar surface area (TPSA) is 37.3 Å². The van der Waals surface area contributed by atoms with Crippen molar-refractivity contribution in [1.29, 1.82) is 0 Å². The molecule has 0 saturated carbocycles. The van der Waals surface area contributed by atoms with Gasteiger partial charge >= 0.3 is 0 Å². The van der Waals surface area contributed by atoms with Gasteiger partial charge in [-0.3, -0.25) is 4.79 Å². The summed E-state index contributed by atoms with van der Waals surface area (Å²) in [5.41, 5.74) is 1.01. The molecule has 0 heterocycles. The van der Waals surface area contributed by atoms with Crippen LogP contribution in [0.15, 0.2) is 54.6 Å².